The number of carbonyl (C=O) groups is 1. The molecule has 3 aromatic carbocycles. The van der Waals surface area contributed by atoms with Gasteiger partial charge in [-0.05, 0) is 42.3 Å². The largest absolute Gasteiger partial charge is 0.366 e. The Balaban J connectivity index is 2.05. The highest BCUT2D eigenvalue weighted by molar-refractivity contribution is 6.31. The SMILES string of the molecule is CCCc1ccc2c3c(C(N)=O)cccc3n(Cc3c(F)cccc3Cl)c2c1. The third-order valence-electron chi connectivity index (χ3n) is 5.14. The zero-order valence-corrected chi connectivity index (χ0v) is 16.3. The summed E-state index contributed by atoms with van der Waals surface area (Å²) in [6, 6.07) is 16.3. The highest BCUT2D eigenvalue weighted by Gasteiger charge is 2.18. The molecule has 1 aromatic heterocycles. The summed E-state index contributed by atoms with van der Waals surface area (Å²) in [5.74, 6) is -0.829. The second-order valence-electron chi connectivity index (χ2n) is 6.95. The van der Waals surface area contributed by atoms with E-state index >= 15 is 0 Å². The van der Waals surface area contributed by atoms with E-state index in [1.807, 2.05) is 16.7 Å². The predicted octanol–water partition coefficient (Wildman–Crippen LogP) is 5.69. The van der Waals surface area contributed by atoms with Crippen LogP contribution in [-0.4, -0.2) is 10.5 Å². The summed E-state index contributed by atoms with van der Waals surface area (Å²) >= 11 is 6.28. The Labute approximate surface area is 167 Å². The van der Waals surface area contributed by atoms with Gasteiger partial charge in [0.15, 0.2) is 0 Å². The van der Waals surface area contributed by atoms with Crippen molar-refractivity contribution >= 4 is 39.3 Å². The zero-order valence-electron chi connectivity index (χ0n) is 15.5. The van der Waals surface area contributed by atoms with Crippen LogP contribution in [0.5, 0.6) is 0 Å². The fourth-order valence-electron chi connectivity index (χ4n) is 3.85. The second kappa shape index (κ2) is 7.28. The van der Waals surface area contributed by atoms with Gasteiger partial charge in [-0.25, -0.2) is 4.39 Å². The smallest absolute Gasteiger partial charge is 0.249 e. The molecule has 0 radical (unpaired) electrons. The molecule has 5 heteroatoms. The monoisotopic (exact) mass is 394 g/mol. The molecule has 0 atom stereocenters. The molecule has 0 saturated carbocycles. The van der Waals surface area contributed by atoms with Gasteiger partial charge in [-0.15, -0.1) is 0 Å². The summed E-state index contributed by atoms with van der Waals surface area (Å²) in [7, 11) is 0. The number of aryl methyl sites for hydroxylation is 1. The highest BCUT2D eigenvalue weighted by Crippen LogP contribution is 2.34. The second-order valence-corrected chi connectivity index (χ2v) is 7.36. The molecule has 142 valence electrons. The first-order valence-corrected chi connectivity index (χ1v) is 9.65. The van der Waals surface area contributed by atoms with Crippen molar-refractivity contribution in [3.05, 3.63) is 82.1 Å². The molecule has 1 heterocycles. The first-order chi connectivity index (χ1) is 13.5. The Morgan fingerprint density at radius 2 is 1.89 bits per heavy atom. The highest BCUT2D eigenvalue weighted by atomic mass is 35.5. The van der Waals surface area contributed by atoms with E-state index in [-0.39, 0.29) is 12.4 Å². The van der Waals surface area contributed by atoms with E-state index in [4.69, 9.17) is 17.3 Å². The van der Waals surface area contributed by atoms with Crippen LogP contribution >= 0.6 is 11.6 Å². The van der Waals surface area contributed by atoms with Gasteiger partial charge in [0.25, 0.3) is 0 Å². The van der Waals surface area contributed by atoms with Gasteiger partial charge in [0.05, 0.1) is 12.1 Å². The van der Waals surface area contributed by atoms with Crippen LogP contribution < -0.4 is 5.73 Å². The molecule has 0 bridgehead atoms. The number of hydrogen-bond acceptors (Lipinski definition) is 1. The summed E-state index contributed by atoms with van der Waals surface area (Å²) in [5.41, 5.74) is 9.48. The van der Waals surface area contributed by atoms with Crippen molar-refractivity contribution in [2.24, 2.45) is 5.73 Å². The number of nitrogens with two attached hydrogens (primary N) is 1. The van der Waals surface area contributed by atoms with Crippen molar-refractivity contribution in [2.75, 3.05) is 0 Å². The Hall–Kier alpha value is -2.85. The normalized spacial score (nSPS) is 11.4. The number of fused-ring (bicyclic) bond motifs is 3. The van der Waals surface area contributed by atoms with Gasteiger partial charge in [-0.3, -0.25) is 4.79 Å². The molecule has 4 aromatic rings. The van der Waals surface area contributed by atoms with Gasteiger partial charge in [0.1, 0.15) is 5.82 Å². The minimum absolute atomic E-state index is 0.267. The molecular formula is C23H20ClFN2O. The van der Waals surface area contributed by atoms with Crippen LogP contribution in [0.1, 0.15) is 34.8 Å². The van der Waals surface area contributed by atoms with Crippen molar-refractivity contribution in [1.29, 1.82) is 0 Å². The van der Waals surface area contributed by atoms with Gasteiger partial charge >= 0.3 is 0 Å². The molecule has 0 aliphatic heterocycles. The molecule has 4 rings (SSSR count). The van der Waals surface area contributed by atoms with Crippen LogP contribution in [0, 0.1) is 5.82 Å². The van der Waals surface area contributed by atoms with E-state index < -0.39 is 5.91 Å². The number of carbonyl (C=O) groups excluding carboxylic acids is 1. The molecule has 2 N–H and O–H groups in total. The van der Waals surface area contributed by atoms with Crippen LogP contribution in [-0.2, 0) is 13.0 Å². The summed E-state index contributed by atoms with van der Waals surface area (Å²) in [5, 5.41) is 2.10. The maximum absolute atomic E-state index is 14.5. The maximum atomic E-state index is 14.5. The average molecular weight is 395 g/mol. The number of rotatable bonds is 5. The van der Waals surface area contributed by atoms with Gasteiger partial charge in [-0.1, -0.05) is 49.2 Å². The van der Waals surface area contributed by atoms with Crippen molar-refractivity contribution in [3.8, 4) is 0 Å². The van der Waals surface area contributed by atoms with Gasteiger partial charge in [0.2, 0.25) is 5.91 Å². The van der Waals surface area contributed by atoms with Crippen LogP contribution in [0.3, 0.4) is 0 Å². The number of amides is 1. The summed E-state index contributed by atoms with van der Waals surface area (Å²) in [4.78, 5) is 12.0. The minimum Gasteiger partial charge on any atom is -0.366 e. The topological polar surface area (TPSA) is 48.0 Å². The van der Waals surface area contributed by atoms with Crippen LogP contribution in [0.2, 0.25) is 5.02 Å². The molecule has 0 aliphatic rings. The van der Waals surface area contributed by atoms with E-state index in [0.29, 0.717) is 16.1 Å². The lowest BCUT2D eigenvalue weighted by Crippen LogP contribution is -2.11. The molecule has 0 fully saturated rings. The van der Waals surface area contributed by atoms with Crippen molar-refractivity contribution in [3.63, 3.8) is 0 Å². The Bertz CT molecular complexity index is 1190. The van der Waals surface area contributed by atoms with Crippen molar-refractivity contribution < 1.29 is 9.18 Å². The lowest BCUT2D eigenvalue weighted by atomic mass is 10.0. The molecule has 1 amide bonds. The Morgan fingerprint density at radius 3 is 2.61 bits per heavy atom. The molecule has 0 spiro atoms. The van der Waals surface area contributed by atoms with Gasteiger partial charge in [0, 0.05) is 32.4 Å². The molecule has 0 unspecified atom stereocenters. The number of primary amides is 1. The maximum Gasteiger partial charge on any atom is 0.249 e. The van der Waals surface area contributed by atoms with Crippen molar-refractivity contribution in [2.45, 2.75) is 26.3 Å². The number of halogens is 2. The molecule has 0 aliphatic carbocycles. The molecule has 28 heavy (non-hydrogen) atoms. The lowest BCUT2D eigenvalue weighted by Gasteiger charge is -2.11. The van der Waals surface area contributed by atoms with Crippen LogP contribution in [0.4, 0.5) is 4.39 Å². The fraction of sp³-hybridized carbons (Fsp3) is 0.174. The van der Waals surface area contributed by atoms with E-state index in [9.17, 15) is 9.18 Å². The number of hydrogen-bond donors (Lipinski definition) is 1. The summed E-state index contributed by atoms with van der Waals surface area (Å²) < 4.78 is 16.5. The first kappa shape index (κ1) is 18.5. The number of benzene rings is 3. The van der Waals surface area contributed by atoms with Gasteiger partial charge in [-0.2, -0.15) is 0 Å². The van der Waals surface area contributed by atoms with E-state index in [2.05, 4.69) is 19.1 Å². The zero-order chi connectivity index (χ0) is 19.8. The number of nitrogens with zero attached hydrogens (tertiary/aromatic N) is 1. The Kier molecular flexibility index (Phi) is 4.82. The third kappa shape index (κ3) is 3.04. The Morgan fingerprint density at radius 1 is 1.11 bits per heavy atom. The van der Waals surface area contributed by atoms with E-state index in [1.54, 1.807) is 24.3 Å². The average Bonchev–Trinajstić information content (AvgIpc) is 2.98. The number of aromatic nitrogens is 1. The lowest BCUT2D eigenvalue weighted by molar-refractivity contribution is 0.100. The standard InChI is InChI=1S/C23H20ClFN2O/c1-2-5-14-10-11-15-21(12-14)27(13-17-18(24)7-4-8-19(17)25)20-9-3-6-16(22(15)20)23(26)28/h3-4,6-12H,2,5,13H2,1H3,(H2,26,28). The van der Waals surface area contributed by atoms with Gasteiger partial charge < -0.3 is 10.3 Å². The van der Waals surface area contributed by atoms with Crippen molar-refractivity contribution in [1.82, 2.24) is 4.57 Å². The molecular weight excluding hydrogens is 375 g/mol. The van der Waals surface area contributed by atoms with E-state index in [0.717, 1.165) is 34.6 Å². The fourth-order valence-corrected chi connectivity index (χ4v) is 4.07. The predicted molar refractivity (Wildman–Crippen MR) is 112 cm³/mol. The first-order valence-electron chi connectivity index (χ1n) is 9.27. The molecule has 3 nitrogen and oxygen atoms in total. The van der Waals surface area contributed by atoms with Crippen LogP contribution in [0.25, 0.3) is 21.8 Å². The third-order valence-corrected chi connectivity index (χ3v) is 5.49. The summed E-state index contributed by atoms with van der Waals surface area (Å²) in [6.45, 7) is 2.40. The van der Waals surface area contributed by atoms with Crippen LogP contribution in [0.15, 0.2) is 54.6 Å². The molecule has 0 saturated heterocycles. The van der Waals surface area contributed by atoms with E-state index in [1.165, 1.54) is 11.6 Å². The minimum atomic E-state index is -0.480. The summed E-state index contributed by atoms with van der Waals surface area (Å²) in [6.07, 6.45) is 1.97. The quantitative estimate of drug-likeness (QED) is 0.464.